The van der Waals surface area contributed by atoms with E-state index >= 15 is 0 Å². The maximum absolute atomic E-state index is 12.9. The topological polar surface area (TPSA) is 55.6 Å². The fourth-order valence-corrected chi connectivity index (χ4v) is 0.977. The highest BCUT2D eigenvalue weighted by Crippen LogP contribution is 2.19. The summed E-state index contributed by atoms with van der Waals surface area (Å²) >= 11 is 0. The van der Waals surface area contributed by atoms with E-state index in [2.05, 4.69) is 0 Å². The minimum atomic E-state index is -0.560. The van der Waals surface area contributed by atoms with Crippen LogP contribution in [0.1, 0.15) is 5.56 Å². The van der Waals surface area contributed by atoms with E-state index in [0.29, 0.717) is 5.56 Å². The van der Waals surface area contributed by atoms with Crippen molar-refractivity contribution < 1.29 is 13.9 Å². The van der Waals surface area contributed by atoms with Crippen LogP contribution in [0, 0.1) is 5.82 Å². The summed E-state index contributed by atoms with van der Waals surface area (Å²) in [6.07, 6.45) is -0.560. The van der Waals surface area contributed by atoms with Crippen LogP contribution < -0.4 is 10.5 Å². The molecule has 0 aliphatic heterocycles. The number of ether oxygens (including phenoxy) is 1. The fourth-order valence-electron chi connectivity index (χ4n) is 0.977. The Kier molecular flexibility index (Phi) is 5.77. The minimum Gasteiger partial charge on any atom is -0.410 e. The van der Waals surface area contributed by atoms with Gasteiger partial charge in [0, 0.05) is 32.3 Å². The highest BCUT2D eigenvalue weighted by Gasteiger charge is 2.10. The zero-order chi connectivity index (χ0) is 11.4. The molecule has 0 spiro atoms. The molecule has 1 rings (SSSR count). The molecule has 6 heteroatoms. The summed E-state index contributed by atoms with van der Waals surface area (Å²) in [6.45, 7) is 0.191. The third-order valence-corrected chi connectivity index (χ3v) is 1.81. The van der Waals surface area contributed by atoms with E-state index in [-0.39, 0.29) is 24.7 Å². The van der Waals surface area contributed by atoms with Crippen LogP contribution in [0.2, 0.25) is 0 Å². The van der Waals surface area contributed by atoms with Gasteiger partial charge >= 0.3 is 6.09 Å². The SMILES string of the molecule is CN(C)C(=O)Oc1cc(F)ccc1CN.Cl. The molecule has 16 heavy (non-hydrogen) atoms. The van der Waals surface area contributed by atoms with E-state index in [1.54, 1.807) is 14.1 Å². The lowest BCUT2D eigenvalue weighted by atomic mass is 10.2. The molecule has 1 amide bonds. The summed E-state index contributed by atoms with van der Waals surface area (Å²) in [5.74, 6) is -0.301. The molecule has 0 heterocycles. The monoisotopic (exact) mass is 248 g/mol. The van der Waals surface area contributed by atoms with Crippen LogP contribution >= 0.6 is 12.4 Å². The summed E-state index contributed by atoms with van der Waals surface area (Å²) in [5, 5.41) is 0. The number of nitrogens with two attached hydrogens (primary N) is 1. The van der Waals surface area contributed by atoms with Crippen molar-refractivity contribution in [2.24, 2.45) is 5.73 Å². The third-order valence-electron chi connectivity index (χ3n) is 1.81. The van der Waals surface area contributed by atoms with E-state index < -0.39 is 11.9 Å². The van der Waals surface area contributed by atoms with Gasteiger partial charge in [0.1, 0.15) is 11.6 Å². The molecular weight excluding hydrogens is 235 g/mol. The van der Waals surface area contributed by atoms with Crippen LogP contribution in [0.15, 0.2) is 18.2 Å². The van der Waals surface area contributed by atoms with Gasteiger partial charge in [-0.1, -0.05) is 6.07 Å². The van der Waals surface area contributed by atoms with Crippen molar-refractivity contribution in [3.05, 3.63) is 29.6 Å². The number of carbonyl (C=O) groups is 1. The number of hydrogen-bond donors (Lipinski definition) is 1. The van der Waals surface area contributed by atoms with Crippen molar-refractivity contribution in [3.8, 4) is 5.75 Å². The fraction of sp³-hybridized carbons (Fsp3) is 0.300. The van der Waals surface area contributed by atoms with Gasteiger partial charge in [0.05, 0.1) is 0 Å². The zero-order valence-corrected chi connectivity index (χ0v) is 9.88. The number of rotatable bonds is 2. The molecule has 2 N–H and O–H groups in total. The number of halogens is 2. The predicted octanol–water partition coefficient (Wildman–Crippen LogP) is 1.77. The Morgan fingerprint density at radius 3 is 2.62 bits per heavy atom. The molecule has 0 saturated heterocycles. The van der Waals surface area contributed by atoms with Crippen LogP contribution in [0.25, 0.3) is 0 Å². The predicted molar refractivity (Wildman–Crippen MR) is 61.3 cm³/mol. The number of amides is 1. The van der Waals surface area contributed by atoms with Crippen molar-refractivity contribution >= 4 is 18.5 Å². The summed E-state index contributed by atoms with van der Waals surface area (Å²) in [4.78, 5) is 12.5. The first-order valence-corrected chi connectivity index (χ1v) is 4.42. The quantitative estimate of drug-likeness (QED) is 0.868. The van der Waals surface area contributed by atoms with Gasteiger partial charge in [0.15, 0.2) is 0 Å². The molecule has 0 aromatic heterocycles. The van der Waals surface area contributed by atoms with E-state index in [1.807, 2.05) is 0 Å². The Bertz CT molecular complexity index is 372. The molecule has 0 atom stereocenters. The first-order chi connectivity index (χ1) is 7.04. The molecule has 0 unspecified atom stereocenters. The largest absolute Gasteiger partial charge is 0.414 e. The molecule has 1 aromatic rings. The van der Waals surface area contributed by atoms with Crippen molar-refractivity contribution in [3.63, 3.8) is 0 Å². The van der Waals surface area contributed by atoms with Crippen molar-refractivity contribution in [1.82, 2.24) is 4.90 Å². The lowest BCUT2D eigenvalue weighted by Crippen LogP contribution is -2.25. The number of benzene rings is 1. The second-order valence-electron chi connectivity index (χ2n) is 3.22. The van der Waals surface area contributed by atoms with Crippen LogP contribution in [0.3, 0.4) is 0 Å². The summed E-state index contributed by atoms with van der Waals surface area (Å²) < 4.78 is 17.8. The maximum atomic E-state index is 12.9. The highest BCUT2D eigenvalue weighted by molar-refractivity contribution is 5.85. The Balaban J connectivity index is 0.00000225. The van der Waals surface area contributed by atoms with E-state index in [0.717, 1.165) is 6.07 Å². The van der Waals surface area contributed by atoms with Gasteiger partial charge in [0.2, 0.25) is 0 Å². The molecule has 0 aliphatic rings. The second kappa shape index (κ2) is 6.30. The summed E-state index contributed by atoms with van der Waals surface area (Å²) in [7, 11) is 3.09. The molecular formula is C10H14ClFN2O2. The smallest absolute Gasteiger partial charge is 0.410 e. The van der Waals surface area contributed by atoms with Crippen LogP contribution in [0.5, 0.6) is 5.75 Å². The Labute approximate surface area is 99.6 Å². The normalized spacial score (nSPS) is 9.25. The molecule has 0 radical (unpaired) electrons. The van der Waals surface area contributed by atoms with Gasteiger partial charge in [-0.15, -0.1) is 12.4 Å². The maximum Gasteiger partial charge on any atom is 0.414 e. The lowest BCUT2D eigenvalue weighted by Gasteiger charge is -2.13. The Morgan fingerprint density at radius 2 is 2.12 bits per heavy atom. The number of nitrogens with zero attached hydrogens (tertiary/aromatic N) is 1. The van der Waals surface area contributed by atoms with Crippen LogP contribution in [-0.2, 0) is 6.54 Å². The van der Waals surface area contributed by atoms with Gasteiger partial charge in [0.25, 0.3) is 0 Å². The van der Waals surface area contributed by atoms with Crippen LogP contribution in [-0.4, -0.2) is 25.1 Å². The van der Waals surface area contributed by atoms with Gasteiger partial charge in [-0.25, -0.2) is 9.18 Å². The number of hydrogen-bond acceptors (Lipinski definition) is 3. The molecule has 0 saturated carbocycles. The average Bonchev–Trinajstić information content (AvgIpc) is 2.18. The van der Waals surface area contributed by atoms with Gasteiger partial charge in [-0.05, 0) is 6.07 Å². The molecule has 1 aromatic carbocycles. The minimum absolute atomic E-state index is 0. The summed E-state index contributed by atoms with van der Waals surface area (Å²) in [6, 6.07) is 3.91. The summed E-state index contributed by atoms with van der Waals surface area (Å²) in [5.41, 5.74) is 6.01. The zero-order valence-electron chi connectivity index (χ0n) is 9.07. The van der Waals surface area contributed by atoms with Gasteiger partial charge in [-0.2, -0.15) is 0 Å². The first kappa shape index (κ1) is 14.7. The molecule has 0 bridgehead atoms. The third kappa shape index (κ3) is 3.67. The Hall–Kier alpha value is -1.33. The van der Waals surface area contributed by atoms with E-state index in [4.69, 9.17) is 10.5 Å². The molecule has 0 fully saturated rings. The van der Waals surface area contributed by atoms with Crippen molar-refractivity contribution in [2.75, 3.05) is 14.1 Å². The van der Waals surface area contributed by atoms with Crippen molar-refractivity contribution in [2.45, 2.75) is 6.54 Å². The van der Waals surface area contributed by atoms with E-state index in [9.17, 15) is 9.18 Å². The van der Waals surface area contributed by atoms with E-state index in [1.165, 1.54) is 17.0 Å². The van der Waals surface area contributed by atoms with Gasteiger partial charge in [-0.3, -0.25) is 0 Å². The van der Waals surface area contributed by atoms with Crippen molar-refractivity contribution in [1.29, 1.82) is 0 Å². The highest BCUT2D eigenvalue weighted by atomic mass is 35.5. The average molecular weight is 249 g/mol. The molecule has 4 nitrogen and oxygen atoms in total. The molecule has 90 valence electrons. The van der Waals surface area contributed by atoms with Gasteiger partial charge < -0.3 is 15.4 Å². The van der Waals surface area contributed by atoms with Crippen LogP contribution in [0.4, 0.5) is 9.18 Å². The first-order valence-electron chi connectivity index (χ1n) is 4.42. The Morgan fingerprint density at radius 1 is 1.50 bits per heavy atom. The lowest BCUT2D eigenvalue weighted by molar-refractivity contribution is 0.171. The standard InChI is InChI=1S/C10H13FN2O2.ClH/c1-13(2)10(14)15-9-5-8(11)4-3-7(9)6-12;/h3-5H,6,12H2,1-2H3;1H. The number of carbonyl (C=O) groups excluding carboxylic acids is 1. The second-order valence-corrected chi connectivity index (χ2v) is 3.22. The molecule has 0 aliphatic carbocycles.